The number of anilines is 2. The largest absolute Gasteiger partial charge is 0.399 e. The Morgan fingerprint density at radius 3 is 2.22 bits per heavy atom. The second kappa shape index (κ2) is 4.88. The van der Waals surface area contributed by atoms with Crippen LogP contribution in [0.4, 0.5) is 11.4 Å². The molecule has 18 heavy (non-hydrogen) atoms. The van der Waals surface area contributed by atoms with Crippen LogP contribution in [0, 0.1) is 0 Å². The molecule has 3 N–H and O–H groups in total. The number of halogens is 1. The van der Waals surface area contributed by atoms with E-state index in [1.807, 2.05) is 0 Å². The van der Waals surface area contributed by atoms with Gasteiger partial charge in [0, 0.05) is 5.69 Å². The van der Waals surface area contributed by atoms with Crippen molar-refractivity contribution in [1.82, 2.24) is 0 Å². The highest BCUT2D eigenvalue weighted by molar-refractivity contribution is 7.92. The van der Waals surface area contributed by atoms with Gasteiger partial charge in [0.05, 0.1) is 15.6 Å². The molecule has 2 aromatic carbocycles. The fourth-order valence-electron chi connectivity index (χ4n) is 1.39. The maximum atomic E-state index is 12.1. The number of nitrogens with one attached hydrogen (secondary N) is 1. The highest BCUT2D eigenvalue weighted by Gasteiger charge is 2.14. The molecule has 94 valence electrons. The first-order valence-electron chi connectivity index (χ1n) is 5.12. The van der Waals surface area contributed by atoms with Crippen molar-refractivity contribution >= 4 is 33.0 Å². The molecule has 0 unspecified atom stereocenters. The molecule has 0 aliphatic carbocycles. The van der Waals surface area contributed by atoms with E-state index < -0.39 is 10.0 Å². The maximum Gasteiger partial charge on any atom is 0.261 e. The SMILES string of the molecule is Nc1ccc(S(=O)(=O)Nc2ccccc2Cl)cc1. The van der Waals surface area contributed by atoms with Crippen LogP contribution in [0.2, 0.25) is 5.02 Å². The number of sulfonamides is 1. The van der Waals surface area contributed by atoms with Crippen LogP contribution in [0.25, 0.3) is 0 Å². The Morgan fingerprint density at radius 1 is 1.00 bits per heavy atom. The van der Waals surface area contributed by atoms with Gasteiger partial charge in [0.25, 0.3) is 10.0 Å². The number of rotatable bonds is 3. The topological polar surface area (TPSA) is 72.2 Å². The highest BCUT2D eigenvalue weighted by atomic mass is 35.5. The monoisotopic (exact) mass is 282 g/mol. The summed E-state index contributed by atoms with van der Waals surface area (Å²) in [7, 11) is -3.64. The lowest BCUT2D eigenvalue weighted by Crippen LogP contribution is -2.13. The van der Waals surface area contributed by atoms with Gasteiger partial charge in [-0.1, -0.05) is 23.7 Å². The third kappa shape index (κ3) is 2.75. The van der Waals surface area contributed by atoms with Gasteiger partial charge in [0.2, 0.25) is 0 Å². The number of nitrogens with two attached hydrogens (primary N) is 1. The van der Waals surface area contributed by atoms with Gasteiger partial charge in [-0.25, -0.2) is 8.42 Å². The van der Waals surface area contributed by atoms with Gasteiger partial charge in [-0.2, -0.15) is 0 Å². The second-order valence-corrected chi connectivity index (χ2v) is 5.74. The van der Waals surface area contributed by atoms with Crippen LogP contribution in [-0.2, 0) is 10.0 Å². The molecule has 6 heteroatoms. The Morgan fingerprint density at radius 2 is 1.61 bits per heavy atom. The predicted molar refractivity (Wildman–Crippen MR) is 73.1 cm³/mol. The molecule has 0 saturated heterocycles. The van der Waals surface area contributed by atoms with Crippen molar-refractivity contribution in [3.8, 4) is 0 Å². The predicted octanol–water partition coefficient (Wildman–Crippen LogP) is 2.72. The normalized spacial score (nSPS) is 11.2. The highest BCUT2D eigenvalue weighted by Crippen LogP contribution is 2.24. The van der Waals surface area contributed by atoms with Crippen LogP contribution in [0.1, 0.15) is 0 Å². The third-order valence-corrected chi connectivity index (χ3v) is 4.02. The van der Waals surface area contributed by atoms with Crippen LogP contribution in [0.15, 0.2) is 53.4 Å². The van der Waals surface area contributed by atoms with Crippen molar-refractivity contribution in [2.75, 3.05) is 10.5 Å². The molecule has 0 aromatic heterocycles. The summed E-state index contributed by atoms with van der Waals surface area (Å²) in [6.45, 7) is 0. The van der Waals surface area contributed by atoms with Crippen LogP contribution in [0.5, 0.6) is 0 Å². The molecule has 0 radical (unpaired) electrons. The fraction of sp³-hybridized carbons (Fsp3) is 0. The van der Waals surface area contributed by atoms with E-state index in [1.54, 1.807) is 24.3 Å². The molecular weight excluding hydrogens is 272 g/mol. The molecule has 2 aromatic rings. The quantitative estimate of drug-likeness (QED) is 0.850. The minimum absolute atomic E-state index is 0.136. The zero-order chi connectivity index (χ0) is 13.2. The number of nitrogen functional groups attached to an aromatic ring is 1. The minimum Gasteiger partial charge on any atom is -0.399 e. The molecule has 0 fully saturated rings. The lowest BCUT2D eigenvalue weighted by atomic mass is 10.3. The van der Waals surface area contributed by atoms with E-state index in [-0.39, 0.29) is 4.90 Å². The maximum absolute atomic E-state index is 12.1. The van der Waals surface area contributed by atoms with E-state index in [4.69, 9.17) is 17.3 Å². The summed E-state index contributed by atoms with van der Waals surface area (Å²) in [4.78, 5) is 0.136. The van der Waals surface area contributed by atoms with Crippen molar-refractivity contribution in [3.05, 3.63) is 53.6 Å². The zero-order valence-corrected chi connectivity index (χ0v) is 10.9. The molecule has 0 saturated carbocycles. The Kier molecular flexibility index (Phi) is 3.45. The van der Waals surface area contributed by atoms with Gasteiger partial charge < -0.3 is 5.73 Å². The molecular formula is C12H11ClN2O2S. The van der Waals surface area contributed by atoms with E-state index in [0.717, 1.165) is 0 Å². The third-order valence-electron chi connectivity index (χ3n) is 2.31. The van der Waals surface area contributed by atoms with Crippen molar-refractivity contribution in [2.24, 2.45) is 0 Å². The summed E-state index contributed by atoms with van der Waals surface area (Å²) < 4.78 is 26.5. The summed E-state index contributed by atoms with van der Waals surface area (Å²) in [5, 5.41) is 0.344. The molecule has 0 bridgehead atoms. The summed E-state index contributed by atoms with van der Waals surface area (Å²) in [5.41, 5.74) is 6.36. The summed E-state index contributed by atoms with van der Waals surface area (Å²) in [6.07, 6.45) is 0. The number of para-hydroxylation sites is 1. The standard InChI is InChI=1S/C12H11ClN2O2S/c13-11-3-1-2-4-12(11)15-18(16,17)10-7-5-9(14)6-8-10/h1-8,15H,14H2. The molecule has 0 aliphatic rings. The molecule has 0 aliphatic heterocycles. The Bertz CT molecular complexity index is 654. The van der Waals surface area contributed by atoms with Crippen molar-refractivity contribution in [2.45, 2.75) is 4.90 Å². The van der Waals surface area contributed by atoms with Crippen molar-refractivity contribution in [3.63, 3.8) is 0 Å². The molecule has 4 nitrogen and oxygen atoms in total. The summed E-state index contributed by atoms with van der Waals surface area (Å²) in [5.74, 6) is 0. The van der Waals surface area contributed by atoms with Crippen LogP contribution >= 0.6 is 11.6 Å². The summed E-state index contributed by atoms with van der Waals surface area (Å²) in [6, 6.07) is 12.6. The molecule has 0 spiro atoms. The van der Waals surface area contributed by atoms with Crippen LogP contribution in [0.3, 0.4) is 0 Å². The van der Waals surface area contributed by atoms with Gasteiger partial charge in [0.15, 0.2) is 0 Å². The van der Waals surface area contributed by atoms with Crippen molar-refractivity contribution < 1.29 is 8.42 Å². The Hall–Kier alpha value is -1.72. The van der Waals surface area contributed by atoms with E-state index in [9.17, 15) is 8.42 Å². The Balaban J connectivity index is 2.33. The average molecular weight is 283 g/mol. The van der Waals surface area contributed by atoms with E-state index in [1.165, 1.54) is 24.3 Å². The lowest BCUT2D eigenvalue weighted by Gasteiger charge is -2.09. The first kappa shape index (κ1) is 12.7. The number of hydrogen-bond donors (Lipinski definition) is 2. The second-order valence-electron chi connectivity index (χ2n) is 3.65. The molecule has 0 heterocycles. The average Bonchev–Trinajstić information content (AvgIpc) is 2.32. The van der Waals surface area contributed by atoms with E-state index >= 15 is 0 Å². The Labute approximate surface area is 110 Å². The lowest BCUT2D eigenvalue weighted by molar-refractivity contribution is 0.601. The minimum atomic E-state index is -3.64. The first-order chi connectivity index (χ1) is 8.49. The van der Waals surface area contributed by atoms with Crippen LogP contribution in [-0.4, -0.2) is 8.42 Å². The van der Waals surface area contributed by atoms with Gasteiger partial charge in [-0.05, 0) is 36.4 Å². The number of hydrogen-bond acceptors (Lipinski definition) is 3. The zero-order valence-electron chi connectivity index (χ0n) is 9.30. The first-order valence-corrected chi connectivity index (χ1v) is 6.98. The smallest absolute Gasteiger partial charge is 0.261 e. The van der Waals surface area contributed by atoms with E-state index in [0.29, 0.717) is 16.4 Å². The van der Waals surface area contributed by atoms with Gasteiger partial charge in [0.1, 0.15) is 0 Å². The number of benzene rings is 2. The summed E-state index contributed by atoms with van der Waals surface area (Å²) >= 11 is 5.90. The van der Waals surface area contributed by atoms with E-state index in [2.05, 4.69) is 4.72 Å². The van der Waals surface area contributed by atoms with Gasteiger partial charge in [-0.15, -0.1) is 0 Å². The van der Waals surface area contributed by atoms with Gasteiger partial charge >= 0.3 is 0 Å². The molecule has 2 rings (SSSR count). The van der Waals surface area contributed by atoms with Crippen molar-refractivity contribution in [1.29, 1.82) is 0 Å². The van der Waals surface area contributed by atoms with Crippen LogP contribution < -0.4 is 10.5 Å². The molecule has 0 amide bonds. The molecule has 0 atom stereocenters. The fourth-order valence-corrected chi connectivity index (χ4v) is 2.71. The van der Waals surface area contributed by atoms with Gasteiger partial charge in [-0.3, -0.25) is 4.72 Å².